The third kappa shape index (κ3) is 1.87. The fourth-order valence-corrected chi connectivity index (χ4v) is 3.85. The normalized spacial score (nSPS) is 19.6. The van der Waals surface area contributed by atoms with Crippen molar-refractivity contribution in [3.8, 4) is 0 Å². The average Bonchev–Trinajstić information content (AvgIpc) is 2.71. The van der Waals surface area contributed by atoms with Gasteiger partial charge in [0.2, 0.25) is 5.91 Å². The zero-order valence-corrected chi connectivity index (χ0v) is 13.1. The van der Waals surface area contributed by atoms with Gasteiger partial charge in [-0.25, -0.2) is 0 Å². The van der Waals surface area contributed by atoms with E-state index in [1.165, 1.54) is 20.3 Å². The van der Waals surface area contributed by atoms with Crippen LogP contribution in [0.5, 0.6) is 0 Å². The molecule has 1 unspecified atom stereocenters. The molecule has 0 N–H and O–H groups in total. The van der Waals surface area contributed by atoms with E-state index in [-0.39, 0.29) is 5.91 Å². The molecule has 0 aromatic heterocycles. The van der Waals surface area contributed by atoms with Crippen molar-refractivity contribution in [2.75, 3.05) is 11.4 Å². The summed E-state index contributed by atoms with van der Waals surface area (Å²) in [6.07, 6.45) is 1.65. The Morgan fingerprint density at radius 3 is 2.85 bits per heavy atom. The molecule has 20 heavy (non-hydrogen) atoms. The number of nitrogens with zero attached hydrogens (tertiary/aromatic N) is 1. The predicted octanol–water partition coefficient (Wildman–Crippen LogP) is 3.52. The van der Waals surface area contributed by atoms with Crippen molar-refractivity contribution < 1.29 is 4.79 Å². The van der Waals surface area contributed by atoms with Crippen molar-refractivity contribution in [3.63, 3.8) is 0 Å². The van der Waals surface area contributed by atoms with Crippen molar-refractivity contribution in [2.45, 2.75) is 18.8 Å². The molecule has 1 atom stereocenters. The second-order valence-corrected chi connectivity index (χ2v) is 6.80. The maximum Gasteiger partial charge on any atom is 0.231 e. The van der Waals surface area contributed by atoms with Crippen molar-refractivity contribution in [3.05, 3.63) is 62.7 Å². The molecule has 1 heterocycles. The molecule has 2 aliphatic rings. The first kappa shape index (κ1) is 12.4. The number of hydrogen-bond donors (Lipinski definition) is 0. The molecule has 2 nitrogen and oxygen atoms in total. The molecular formula is C17H14INO. The number of halogens is 1. The summed E-state index contributed by atoms with van der Waals surface area (Å²) in [6.45, 7) is 0.823. The van der Waals surface area contributed by atoms with Crippen LogP contribution in [-0.4, -0.2) is 12.5 Å². The molecule has 0 saturated carbocycles. The minimum Gasteiger partial charge on any atom is -0.311 e. The molecule has 1 amide bonds. The fraction of sp³-hybridized carbons (Fsp3) is 0.235. The molecule has 0 radical (unpaired) electrons. The molecule has 0 fully saturated rings. The summed E-state index contributed by atoms with van der Waals surface area (Å²) < 4.78 is 1.20. The lowest BCUT2D eigenvalue weighted by atomic mass is 9.77. The lowest BCUT2D eigenvalue weighted by Gasteiger charge is -2.33. The molecular weight excluding hydrogens is 361 g/mol. The van der Waals surface area contributed by atoms with Gasteiger partial charge in [0.05, 0.1) is 6.42 Å². The minimum atomic E-state index is 0.242. The molecule has 100 valence electrons. The van der Waals surface area contributed by atoms with E-state index < -0.39 is 0 Å². The minimum absolute atomic E-state index is 0.242. The van der Waals surface area contributed by atoms with Gasteiger partial charge in [0.15, 0.2) is 0 Å². The molecule has 1 aliphatic heterocycles. The van der Waals surface area contributed by atoms with E-state index >= 15 is 0 Å². The first-order valence-corrected chi connectivity index (χ1v) is 7.97. The molecule has 3 heteroatoms. The SMILES string of the molecule is O=C1Cc2cc(I)ccc2N1CC1Cc2ccccc21. The quantitative estimate of drug-likeness (QED) is 0.736. The van der Waals surface area contributed by atoms with Gasteiger partial charge in [0, 0.05) is 21.7 Å². The first-order valence-electron chi connectivity index (χ1n) is 6.89. The highest BCUT2D eigenvalue weighted by atomic mass is 127. The first-order chi connectivity index (χ1) is 9.72. The lowest BCUT2D eigenvalue weighted by Crippen LogP contribution is -2.35. The Morgan fingerprint density at radius 1 is 1.15 bits per heavy atom. The smallest absolute Gasteiger partial charge is 0.231 e. The van der Waals surface area contributed by atoms with Crippen LogP contribution in [0.1, 0.15) is 22.6 Å². The zero-order valence-electron chi connectivity index (χ0n) is 11.0. The monoisotopic (exact) mass is 375 g/mol. The molecule has 0 spiro atoms. The summed E-state index contributed by atoms with van der Waals surface area (Å²) in [4.78, 5) is 14.2. The van der Waals surface area contributed by atoms with Crippen molar-refractivity contribution >= 4 is 34.2 Å². The highest BCUT2D eigenvalue weighted by molar-refractivity contribution is 14.1. The number of benzene rings is 2. The van der Waals surface area contributed by atoms with Gasteiger partial charge >= 0.3 is 0 Å². The van der Waals surface area contributed by atoms with E-state index in [1.807, 2.05) is 4.90 Å². The summed E-state index contributed by atoms with van der Waals surface area (Å²) in [5.41, 5.74) is 5.14. The summed E-state index contributed by atoms with van der Waals surface area (Å²) in [5.74, 6) is 0.742. The Kier molecular flexibility index (Phi) is 2.84. The average molecular weight is 375 g/mol. The van der Waals surface area contributed by atoms with Crippen LogP contribution in [0.4, 0.5) is 5.69 Å². The molecule has 0 saturated heterocycles. The number of fused-ring (bicyclic) bond motifs is 2. The number of rotatable bonds is 2. The van der Waals surface area contributed by atoms with Crippen molar-refractivity contribution in [1.82, 2.24) is 0 Å². The van der Waals surface area contributed by atoms with Gasteiger partial charge in [0.1, 0.15) is 0 Å². The third-order valence-electron chi connectivity index (χ3n) is 4.34. The van der Waals surface area contributed by atoms with Crippen LogP contribution in [-0.2, 0) is 17.6 Å². The van der Waals surface area contributed by atoms with Crippen LogP contribution in [0.3, 0.4) is 0 Å². The van der Waals surface area contributed by atoms with E-state index in [0.717, 1.165) is 18.7 Å². The second kappa shape index (κ2) is 4.58. The molecule has 2 aromatic carbocycles. The lowest BCUT2D eigenvalue weighted by molar-refractivity contribution is -0.117. The van der Waals surface area contributed by atoms with Crippen LogP contribution >= 0.6 is 22.6 Å². The van der Waals surface area contributed by atoms with Gasteiger partial charge in [-0.2, -0.15) is 0 Å². The number of amides is 1. The van der Waals surface area contributed by atoms with E-state index in [9.17, 15) is 4.79 Å². The Morgan fingerprint density at radius 2 is 2.00 bits per heavy atom. The number of hydrogen-bond acceptors (Lipinski definition) is 1. The predicted molar refractivity (Wildman–Crippen MR) is 88.1 cm³/mol. The standard InChI is InChI=1S/C17H14INO/c18-14-5-6-16-12(8-14)9-17(20)19(16)10-13-7-11-3-1-2-4-15(11)13/h1-6,8,13H,7,9-10H2. The number of carbonyl (C=O) groups is 1. The van der Waals surface area contributed by atoms with Crippen LogP contribution in [0.25, 0.3) is 0 Å². The Hall–Kier alpha value is -1.36. The van der Waals surface area contributed by atoms with E-state index in [0.29, 0.717) is 12.3 Å². The number of anilines is 1. The summed E-state index contributed by atoms with van der Waals surface area (Å²) >= 11 is 2.30. The van der Waals surface area contributed by atoms with Gasteiger partial charge in [-0.1, -0.05) is 24.3 Å². The number of carbonyl (C=O) groups excluding carboxylic acids is 1. The molecule has 1 aliphatic carbocycles. The summed E-state index contributed by atoms with van der Waals surface area (Å²) in [6, 6.07) is 14.9. The van der Waals surface area contributed by atoms with E-state index in [4.69, 9.17) is 0 Å². The summed E-state index contributed by atoms with van der Waals surface area (Å²) in [5, 5.41) is 0. The topological polar surface area (TPSA) is 20.3 Å². The Balaban J connectivity index is 1.61. The fourth-order valence-electron chi connectivity index (χ4n) is 3.30. The van der Waals surface area contributed by atoms with Crippen molar-refractivity contribution in [2.24, 2.45) is 0 Å². The summed E-state index contributed by atoms with van der Waals surface area (Å²) in [7, 11) is 0. The van der Waals surface area contributed by atoms with Gasteiger partial charge in [-0.15, -0.1) is 0 Å². The maximum atomic E-state index is 12.3. The Bertz CT molecular complexity index is 710. The zero-order chi connectivity index (χ0) is 13.7. The van der Waals surface area contributed by atoms with Crippen LogP contribution in [0, 0.1) is 3.57 Å². The van der Waals surface area contributed by atoms with Gasteiger partial charge in [-0.05, 0) is 63.9 Å². The van der Waals surface area contributed by atoms with E-state index in [2.05, 4.69) is 65.1 Å². The highest BCUT2D eigenvalue weighted by Crippen LogP contribution is 2.38. The molecule has 2 aromatic rings. The van der Waals surface area contributed by atoms with Crippen LogP contribution in [0.2, 0.25) is 0 Å². The largest absolute Gasteiger partial charge is 0.311 e. The highest BCUT2D eigenvalue weighted by Gasteiger charge is 2.33. The van der Waals surface area contributed by atoms with Gasteiger partial charge < -0.3 is 4.90 Å². The van der Waals surface area contributed by atoms with Crippen molar-refractivity contribution in [1.29, 1.82) is 0 Å². The molecule has 0 bridgehead atoms. The van der Waals surface area contributed by atoms with E-state index in [1.54, 1.807) is 0 Å². The second-order valence-electron chi connectivity index (χ2n) is 5.55. The van der Waals surface area contributed by atoms with Gasteiger partial charge in [-0.3, -0.25) is 4.79 Å². The van der Waals surface area contributed by atoms with Gasteiger partial charge in [0.25, 0.3) is 0 Å². The molecule has 4 rings (SSSR count). The van der Waals surface area contributed by atoms with Crippen LogP contribution < -0.4 is 4.90 Å². The Labute approximate surface area is 131 Å². The third-order valence-corrected chi connectivity index (χ3v) is 5.01. The van der Waals surface area contributed by atoms with Crippen LogP contribution in [0.15, 0.2) is 42.5 Å². The maximum absolute atomic E-state index is 12.3.